The first-order valence-electron chi connectivity index (χ1n) is 7.11. The summed E-state index contributed by atoms with van der Waals surface area (Å²) in [5.74, 6) is 0.191. The Balaban J connectivity index is 1.83. The number of amides is 1. The summed E-state index contributed by atoms with van der Waals surface area (Å²) in [5, 5.41) is 2.55. The highest BCUT2D eigenvalue weighted by Gasteiger charge is 2.14. The van der Waals surface area contributed by atoms with Crippen LogP contribution in [0.4, 0.5) is 0 Å². The van der Waals surface area contributed by atoms with Gasteiger partial charge in [-0.05, 0) is 36.3 Å². The molecule has 1 N–H and O–H groups in total. The first-order valence-corrected chi connectivity index (χ1v) is 7.11. The number of hydrogen-bond acceptors (Lipinski definition) is 2. The fraction of sp³-hybridized carbons (Fsp3) is 0.500. The molecule has 0 aliphatic heterocycles. The van der Waals surface area contributed by atoms with Gasteiger partial charge in [0.05, 0.1) is 0 Å². The Morgan fingerprint density at radius 2 is 1.84 bits per heavy atom. The SMILES string of the molecule is O=CC(=O)NCCc1ccc(C2CCCCC2)cc1. The molecule has 1 aromatic carbocycles. The zero-order chi connectivity index (χ0) is 13.5. The molecule has 1 aromatic rings. The van der Waals surface area contributed by atoms with Crippen LogP contribution in [0.2, 0.25) is 0 Å². The van der Waals surface area contributed by atoms with Crippen LogP contribution >= 0.6 is 0 Å². The Morgan fingerprint density at radius 3 is 2.47 bits per heavy atom. The third-order valence-electron chi connectivity index (χ3n) is 3.88. The number of hydrogen-bond donors (Lipinski definition) is 1. The summed E-state index contributed by atoms with van der Waals surface area (Å²) in [5.41, 5.74) is 2.64. The standard InChI is InChI=1S/C16H21NO2/c18-12-16(19)17-11-10-13-6-8-15(9-7-13)14-4-2-1-3-5-14/h6-9,12,14H,1-5,10-11H2,(H,17,19). The minimum Gasteiger partial charge on any atom is -0.349 e. The molecule has 0 heterocycles. The van der Waals surface area contributed by atoms with Crippen LogP contribution < -0.4 is 5.32 Å². The molecule has 1 aliphatic carbocycles. The van der Waals surface area contributed by atoms with E-state index in [2.05, 4.69) is 29.6 Å². The van der Waals surface area contributed by atoms with Gasteiger partial charge in [-0.1, -0.05) is 43.5 Å². The van der Waals surface area contributed by atoms with Crippen molar-refractivity contribution in [1.82, 2.24) is 5.32 Å². The maximum Gasteiger partial charge on any atom is 0.284 e. The molecule has 0 bridgehead atoms. The van der Waals surface area contributed by atoms with Gasteiger partial charge in [-0.25, -0.2) is 0 Å². The van der Waals surface area contributed by atoms with Crippen molar-refractivity contribution in [3.8, 4) is 0 Å². The molecule has 1 amide bonds. The topological polar surface area (TPSA) is 46.2 Å². The summed E-state index contributed by atoms with van der Waals surface area (Å²) >= 11 is 0. The number of benzene rings is 1. The molecular formula is C16H21NO2. The molecule has 102 valence electrons. The second-order valence-electron chi connectivity index (χ2n) is 5.24. The monoisotopic (exact) mass is 259 g/mol. The van der Waals surface area contributed by atoms with Crippen LogP contribution in [0.3, 0.4) is 0 Å². The van der Waals surface area contributed by atoms with Crippen LogP contribution in [-0.2, 0) is 16.0 Å². The van der Waals surface area contributed by atoms with E-state index in [1.165, 1.54) is 43.2 Å². The lowest BCUT2D eigenvalue weighted by atomic mass is 9.84. The van der Waals surface area contributed by atoms with Crippen molar-refractivity contribution < 1.29 is 9.59 Å². The predicted molar refractivity (Wildman–Crippen MR) is 75.0 cm³/mol. The van der Waals surface area contributed by atoms with Crippen LogP contribution in [-0.4, -0.2) is 18.7 Å². The zero-order valence-electron chi connectivity index (χ0n) is 11.2. The third kappa shape index (κ3) is 4.19. The highest BCUT2D eigenvalue weighted by molar-refractivity contribution is 6.23. The van der Waals surface area contributed by atoms with E-state index in [9.17, 15) is 9.59 Å². The Labute approximate surface area is 114 Å². The maximum absolute atomic E-state index is 10.8. The van der Waals surface area contributed by atoms with Crippen molar-refractivity contribution in [1.29, 1.82) is 0 Å². The Bertz CT molecular complexity index is 419. The number of nitrogens with one attached hydrogen (secondary N) is 1. The molecule has 0 aromatic heterocycles. The van der Waals surface area contributed by atoms with E-state index in [0.29, 0.717) is 12.8 Å². The lowest BCUT2D eigenvalue weighted by Crippen LogP contribution is -2.26. The number of carbonyl (C=O) groups excluding carboxylic acids is 2. The average molecular weight is 259 g/mol. The first-order chi connectivity index (χ1) is 9.29. The van der Waals surface area contributed by atoms with E-state index in [-0.39, 0.29) is 0 Å². The zero-order valence-corrected chi connectivity index (χ0v) is 11.2. The molecule has 0 radical (unpaired) electrons. The quantitative estimate of drug-likeness (QED) is 0.652. The van der Waals surface area contributed by atoms with E-state index >= 15 is 0 Å². The van der Waals surface area contributed by atoms with E-state index in [1.807, 2.05) is 0 Å². The van der Waals surface area contributed by atoms with Crippen LogP contribution in [0.5, 0.6) is 0 Å². The van der Waals surface area contributed by atoms with Crippen LogP contribution in [0.25, 0.3) is 0 Å². The van der Waals surface area contributed by atoms with Crippen molar-refractivity contribution in [2.75, 3.05) is 6.54 Å². The van der Waals surface area contributed by atoms with Gasteiger partial charge in [0.2, 0.25) is 6.29 Å². The average Bonchev–Trinajstić information content (AvgIpc) is 2.48. The van der Waals surface area contributed by atoms with Crippen molar-refractivity contribution in [3.05, 3.63) is 35.4 Å². The Kier molecular flexibility index (Phi) is 5.13. The van der Waals surface area contributed by atoms with Crippen molar-refractivity contribution in [2.24, 2.45) is 0 Å². The Morgan fingerprint density at radius 1 is 1.16 bits per heavy atom. The molecule has 3 heteroatoms. The number of carbonyl (C=O) groups is 2. The molecule has 0 spiro atoms. The van der Waals surface area contributed by atoms with Crippen molar-refractivity contribution in [3.63, 3.8) is 0 Å². The van der Waals surface area contributed by atoms with Gasteiger partial charge in [0, 0.05) is 6.54 Å². The number of aldehydes is 1. The van der Waals surface area contributed by atoms with E-state index in [1.54, 1.807) is 0 Å². The van der Waals surface area contributed by atoms with Gasteiger partial charge in [0.25, 0.3) is 5.91 Å². The summed E-state index contributed by atoms with van der Waals surface area (Å²) in [6.07, 6.45) is 7.79. The van der Waals surface area contributed by atoms with Gasteiger partial charge in [-0.15, -0.1) is 0 Å². The normalized spacial score (nSPS) is 16.0. The minimum atomic E-state index is -0.543. The third-order valence-corrected chi connectivity index (χ3v) is 3.88. The molecule has 0 atom stereocenters. The molecular weight excluding hydrogens is 238 g/mol. The van der Waals surface area contributed by atoms with Gasteiger partial charge < -0.3 is 5.32 Å². The predicted octanol–water partition coefficient (Wildman–Crippen LogP) is 2.59. The van der Waals surface area contributed by atoms with Gasteiger partial charge in [-0.3, -0.25) is 9.59 Å². The fourth-order valence-corrected chi connectivity index (χ4v) is 2.76. The van der Waals surface area contributed by atoms with Gasteiger partial charge >= 0.3 is 0 Å². The van der Waals surface area contributed by atoms with E-state index < -0.39 is 5.91 Å². The molecule has 0 saturated heterocycles. The first kappa shape index (κ1) is 13.8. The molecule has 2 rings (SSSR count). The second-order valence-corrected chi connectivity index (χ2v) is 5.24. The minimum absolute atomic E-state index is 0.312. The second kappa shape index (κ2) is 7.07. The van der Waals surface area contributed by atoms with Crippen LogP contribution in [0, 0.1) is 0 Å². The smallest absolute Gasteiger partial charge is 0.284 e. The largest absolute Gasteiger partial charge is 0.349 e. The number of rotatable bonds is 5. The maximum atomic E-state index is 10.8. The lowest BCUT2D eigenvalue weighted by Gasteiger charge is -2.22. The molecule has 0 unspecified atom stereocenters. The van der Waals surface area contributed by atoms with Gasteiger partial charge in [0.15, 0.2) is 0 Å². The van der Waals surface area contributed by atoms with Gasteiger partial charge in [0.1, 0.15) is 0 Å². The van der Waals surface area contributed by atoms with Crippen LogP contribution in [0.1, 0.15) is 49.1 Å². The summed E-state index contributed by atoms with van der Waals surface area (Å²) in [4.78, 5) is 20.9. The summed E-state index contributed by atoms with van der Waals surface area (Å²) in [6.45, 7) is 0.514. The molecule has 19 heavy (non-hydrogen) atoms. The molecule has 1 aliphatic rings. The summed E-state index contributed by atoms with van der Waals surface area (Å²) < 4.78 is 0. The van der Waals surface area contributed by atoms with E-state index in [0.717, 1.165) is 12.3 Å². The van der Waals surface area contributed by atoms with E-state index in [4.69, 9.17) is 0 Å². The van der Waals surface area contributed by atoms with Crippen molar-refractivity contribution in [2.45, 2.75) is 44.4 Å². The summed E-state index contributed by atoms with van der Waals surface area (Å²) in [6, 6.07) is 8.70. The molecule has 3 nitrogen and oxygen atoms in total. The Hall–Kier alpha value is -1.64. The fourth-order valence-electron chi connectivity index (χ4n) is 2.76. The lowest BCUT2D eigenvalue weighted by molar-refractivity contribution is -0.131. The highest BCUT2D eigenvalue weighted by atomic mass is 16.2. The molecule has 1 saturated carbocycles. The van der Waals surface area contributed by atoms with Crippen LogP contribution in [0.15, 0.2) is 24.3 Å². The molecule has 1 fully saturated rings. The van der Waals surface area contributed by atoms with Gasteiger partial charge in [-0.2, -0.15) is 0 Å². The summed E-state index contributed by atoms with van der Waals surface area (Å²) in [7, 11) is 0. The van der Waals surface area contributed by atoms with Crippen molar-refractivity contribution >= 4 is 12.2 Å². The highest BCUT2D eigenvalue weighted by Crippen LogP contribution is 2.32.